The minimum absolute atomic E-state index is 0.103. The number of halogens is 3. The standard InChI is InChI=1S/C22H18F3N5OS/c1-13-19(14(2)30(29-13)15-8-4-3-5-9-15)27-18(31)12-32-20-16-10-6-7-11-17(16)26-21(28-20)22(23,24)25/h3-11H,12H2,1-2H3,(H,27,31). The second kappa shape index (κ2) is 8.62. The van der Waals surface area contributed by atoms with E-state index in [-0.39, 0.29) is 22.2 Å². The molecule has 0 atom stereocenters. The van der Waals surface area contributed by atoms with Crippen LogP contribution in [0, 0.1) is 13.8 Å². The van der Waals surface area contributed by atoms with Gasteiger partial charge in [0.25, 0.3) is 0 Å². The van der Waals surface area contributed by atoms with Crippen molar-refractivity contribution in [3.63, 3.8) is 0 Å². The number of aromatic nitrogens is 4. The molecule has 32 heavy (non-hydrogen) atoms. The maximum absolute atomic E-state index is 13.2. The fourth-order valence-electron chi connectivity index (χ4n) is 3.24. The van der Waals surface area contributed by atoms with Gasteiger partial charge in [0.05, 0.1) is 34.0 Å². The zero-order valence-electron chi connectivity index (χ0n) is 17.1. The number of hydrogen-bond acceptors (Lipinski definition) is 5. The van der Waals surface area contributed by atoms with E-state index in [1.807, 2.05) is 37.3 Å². The van der Waals surface area contributed by atoms with Crippen LogP contribution in [-0.2, 0) is 11.0 Å². The second-order valence-electron chi connectivity index (χ2n) is 7.00. The highest BCUT2D eigenvalue weighted by molar-refractivity contribution is 8.00. The highest BCUT2D eigenvalue weighted by atomic mass is 32.2. The van der Waals surface area contributed by atoms with Gasteiger partial charge in [-0.25, -0.2) is 14.6 Å². The van der Waals surface area contributed by atoms with Crippen LogP contribution in [-0.4, -0.2) is 31.4 Å². The lowest BCUT2D eigenvalue weighted by atomic mass is 10.2. The Balaban J connectivity index is 1.54. The van der Waals surface area contributed by atoms with E-state index in [2.05, 4.69) is 20.4 Å². The first-order valence-corrected chi connectivity index (χ1v) is 10.6. The number of nitrogens with zero attached hydrogens (tertiary/aromatic N) is 4. The number of para-hydroxylation sites is 2. The first-order chi connectivity index (χ1) is 15.2. The molecular weight excluding hydrogens is 439 g/mol. The number of fused-ring (bicyclic) bond motifs is 1. The Morgan fingerprint density at radius 3 is 2.44 bits per heavy atom. The van der Waals surface area contributed by atoms with Crippen molar-refractivity contribution in [3.05, 3.63) is 71.8 Å². The molecule has 2 aromatic heterocycles. The third kappa shape index (κ3) is 4.45. The van der Waals surface area contributed by atoms with Gasteiger partial charge in [-0.05, 0) is 32.0 Å². The second-order valence-corrected chi connectivity index (χ2v) is 7.96. The molecule has 0 bridgehead atoms. The zero-order valence-corrected chi connectivity index (χ0v) is 18.0. The van der Waals surface area contributed by atoms with Crippen LogP contribution in [0.1, 0.15) is 17.2 Å². The molecule has 4 aromatic rings. The number of alkyl halides is 3. The molecule has 2 aromatic carbocycles. The predicted molar refractivity (Wildman–Crippen MR) is 117 cm³/mol. The number of nitrogens with one attached hydrogen (secondary N) is 1. The number of rotatable bonds is 5. The summed E-state index contributed by atoms with van der Waals surface area (Å²) in [7, 11) is 0. The summed E-state index contributed by atoms with van der Waals surface area (Å²) in [5, 5.41) is 7.87. The van der Waals surface area contributed by atoms with E-state index >= 15 is 0 Å². The van der Waals surface area contributed by atoms with Crippen molar-refractivity contribution in [3.8, 4) is 5.69 Å². The van der Waals surface area contributed by atoms with Gasteiger partial charge in [0.2, 0.25) is 11.7 Å². The largest absolute Gasteiger partial charge is 0.451 e. The molecule has 1 amide bonds. The third-order valence-corrected chi connectivity index (χ3v) is 5.71. The maximum Gasteiger partial charge on any atom is 0.451 e. The van der Waals surface area contributed by atoms with E-state index in [4.69, 9.17) is 0 Å². The smallest absolute Gasteiger partial charge is 0.322 e. The number of aryl methyl sites for hydroxylation is 1. The number of hydrogen-bond donors (Lipinski definition) is 1. The molecule has 10 heteroatoms. The van der Waals surface area contributed by atoms with Crippen molar-refractivity contribution in [2.75, 3.05) is 11.1 Å². The van der Waals surface area contributed by atoms with E-state index in [1.165, 1.54) is 6.07 Å². The van der Waals surface area contributed by atoms with Gasteiger partial charge in [-0.3, -0.25) is 4.79 Å². The van der Waals surface area contributed by atoms with Crippen LogP contribution in [0.4, 0.5) is 18.9 Å². The van der Waals surface area contributed by atoms with E-state index in [0.29, 0.717) is 16.8 Å². The number of amides is 1. The minimum Gasteiger partial charge on any atom is -0.322 e. The van der Waals surface area contributed by atoms with Crippen LogP contribution in [0.2, 0.25) is 0 Å². The van der Waals surface area contributed by atoms with Crippen molar-refractivity contribution < 1.29 is 18.0 Å². The summed E-state index contributed by atoms with van der Waals surface area (Å²) in [5.74, 6) is -1.71. The Labute approximate surface area is 185 Å². The zero-order chi connectivity index (χ0) is 22.9. The Hall–Kier alpha value is -3.40. The molecule has 0 radical (unpaired) electrons. The van der Waals surface area contributed by atoms with Crippen molar-refractivity contribution >= 4 is 34.3 Å². The fraction of sp³-hybridized carbons (Fsp3) is 0.182. The number of thioether (sulfide) groups is 1. The monoisotopic (exact) mass is 457 g/mol. The van der Waals surface area contributed by atoms with Crippen LogP contribution in [0.15, 0.2) is 59.6 Å². The molecule has 0 unspecified atom stereocenters. The summed E-state index contributed by atoms with van der Waals surface area (Å²) in [4.78, 5) is 19.9. The van der Waals surface area contributed by atoms with Gasteiger partial charge in [0.15, 0.2) is 0 Å². The average Bonchev–Trinajstić information content (AvgIpc) is 3.05. The van der Waals surface area contributed by atoms with Gasteiger partial charge in [0, 0.05) is 5.39 Å². The molecule has 0 saturated carbocycles. The summed E-state index contributed by atoms with van der Waals surface area (Å²) in [6.07, 6.45) is -4.68. The lowest BCUT2D eigenvalue weighted by molar-refractivity contribution is -0.145. The molecule has 6 nitrogen and oxygen atoms in total. The van der Waals surface area contributed by atoms with Crippen LogP contribution < -0.4 is 5.32 Å². The SMILES string of the molecule is Cc1nn(-c2ccccc2)c(C)c1NC(=O)CSc1nc(C(F)(F)F)nc2ccccc12. The maximum atomic E-state index is 13.2. The van der Waals surface area contributed by atoms with Gasteiger partial charge in [0.1, 0.15) is 5.03 Å². The van der Waals surface area contributed by atoms with Crippen LogP contribution in [0.3, 0.4) is 0 Å². The molecule has 164 valence electrons. The van der Waals surface area contributed by atoms with Gasteiger partial charge in [-0.1, -0.05) is 48.2 Å². The summed E-state index contributed by atoms with van der Waals surface area (Å²) >= 11 is 0.932. The van der Waals surface area contributed by atoms with E-state index < -0.39 is 12.0 Å². The van der Waals surface area contributed by atoms with Crippen LogP contribution >= 0.6 is 11.8 Å². The van der Waals surface area contributed by atoms with Gasteiger partial charge < -0.3 is 5.32 Å². The van der Waals surface area contributed by atoms with Crippen LogP contribution in [0.5, 0.6) is 0 Å². The molecule has 0 aliphatic heterocycles. The Bertz CT molecular complexity index is 1290. The highest BCUT2D eigenvalue weighted by Crippen LogP contribution is 2.32. The Morgan fingerprint density at radius 1 is 1.03 bits per heavy atom. The molecule has 2 heterocycles. The normalized spacial score (nSPS) is 11.7. The van der Waals surface area contributed by atoms with Crippen molar-refractivity contribution in [1.82, 2.24) is 19.7 Å². The van der Waals surface area contributed by atoms with Gasteiger partial charge >= 0.3 is 6.18 Å². The lowest BCUT2D eigenvalue weighted by Crippen LogP contribution is -2.16. The topological polar surface area (TPSA) is 72.7 Å². The molecule has 0 aliphatic rings. The highest BCUT2D eigenvalue weighted by Gasteiger charge is 2.35. The van der Waals surface area contributed by atoms with Gasteiger partial charge in [-0.2, -0.15) is 18.3 Å². The average molecular weight is 457 g/mol. The molecule has 4 rings (SSSR count). The molecule has 0 spiro atoms. The number of carbonyl (C=O) groups is 1. The van der Waals surface area contributed by atoms with Crippen molar-refractivity contribution in [2.24, 2.45) is 0 Å². The first-order valence-electron chi connectivity index (χ1n) is 9.62. The summed E-state index contributed by atoms with van der Waals surface area (Å²) in [6, 6.07) is 15.9. The molecule has 0 aliphatic carbocycles. The molecule has 0 fully saturated rings. The Kier molecular flexibility index (Phi) is 5.88. The predicted octanol–water partition coefficient (Wildman–Crippen LogP) is 5.18. The number of benzene rings is 2. The fourth-order valence-corrected chi connectivity index (χ4v) is 4.06. The molecular formula is C22H18F3N5OS. The Morgan fingerprint density at radius 2 is 1.72 bits per heavy atom. The third-order valence-electron chi connectivity index (χ3n) is 4.72. The minimum atomic E-state index is -4.68. The summed E-state index contributed by atoms with van der Waals surface area (Å²) in [6.45, 7) is 3.62. The van der Waals surface area contributed by atoms with E-state index in [9.17, 15) is 18.0 Å². The van der Waals surface area contributed by atoms with Crippen molar-refractivity contribution in [2.45, 2.75) is 25.0 Å². The molecule has 1 N–H and O–H groups in total. The number of anilines is 1. The van der Waals surface area contributed by atoms with Gasteiger partial charge in [-0.15, -0.1) is 0 Å². The quantitative estimate of drug-likeness (QED) is 0.330. The van der Waals surface area contributed by atoms with Crippen LogP contribution in [0.25, 0.3) is 16.6 Å². The first kappa shape index (κ1) is 21.8. The van der Waals surface area contributed by atoms with Crippen molar-refractivity contribution in [1.29, 1.82) is 0 Å². The number of carbonyl (C=O) groups excluding carboxylic acids is 1. The van der Waals surface area contributed by atoms with E-state index in [1.54, 1.807) is 29.8 Å². The van der Waals surface area contributed by atoms with E-state index in [0.717, 1.165) is 23.1 Å². The summed E-state index contributed by atoms with van der Waals surface area (Å²) < 4.78 is 41.3. The lowest BCUT2D eigenvalue weighted by Gasteiger charge is -2.10. The summed E-state index contributed by atoms with van der Waals surface area (Å²) in [5.41, 5.74) is 2.99. The molecule has 0 saturated heterocycles.